The summed E-state index contributed by atoms with van der Waals surface area (Å²) in [6.45, 7) is 0. The second-order valence-electron chi connectivity index (χ2n) is 3.16. The van der Waals surface area contributed by atoms with Crippen LogP contribution >= 0.6 is 0 Å². The van der Waals surface area contributed by atoms with E-state index in [1.165, 1.54) is 6.07 Å². The summed E-state index contributed by atoms with van der Waals surface area (Å²) in [4.78, 5) is 9.79. The summed E-state index contributed by atoms with van der Waals surface area (Å²) in [6, 6.07) is 6.28. The van der Waals surface area contributed by atoms with Crippen LogP contribution in [0.25, 0.3) is 0 Å². The Morgan fingerprint density at radius 1 is 1.35 bits per heavy atom. The monoisotopic (exact) mass is 233 g/mol. The number of rotatable bonds is 3. The van der Waals surface area contributed by atoms with Gasteiger partial charge in [-0.2, -0.15) is 10.5 Å². The van der Waals surface area contributed by atoms with Crippen molar-refractivity contribution in [2.45, 2.75) is 12.2 Å². The van der Waals surface area contributed by atoms with Crippen LogP contribution in [0.3, 0.4) is 0 Å². The molecule has 1 aromatic rings. The largest absolute Gasteiger partial charge is 0.385 e. The molecule has 1 rings (SSSR count). The topological polar surface area (TPSA) is 131 Å². The molecule has 0 saturated heterocycles. The van der Waals surface area contributed by atoms with Gasteiger partial charge >= 0.3 is 0 Å². The molecule has 0 aromatic heterocycles. The van der Waals surface area contributed by atoms with Gasteiger partial charge in [-0.25, -0.2) is 0 Å². The molecule has 2 atom stereocenters. The van der Waals surface area contributed by atoms with E-state index in [4.69, 9.17) is 15.6 Å². The zero-order valence-corrected chi connectivity index (χ0v) is 8.44. The van der Waals surface area contributed by atoms with Gasteiger partial charge in [0.15, 0.2) is 6.10 Å². The van der Waals surface area contributed by atoms with Gasteiger partial charge in [0.05, 0.1) is 22.6 Å². The highest BCUT2D eigenvalue weighted by Gasteiger charge is 2.22. The van der Waals surface area contributed by atoms with E-state index < -0.39 is 17.1 Å². The first-order valence-corrected chi connectivity index (χ1v) is 4.45. The number of nitrogens with zero attached hydrogens (tertiary/aromatic N) is 3. The fourth-order valence-electron chi connectivity index (χ4n) is 1.25. The summed E-state index contributed by atoms with van der Waals surface area (Å²) in [7, 11) is 0. The smallest absolute Gasteiger partial charge is 0.270 e. The van der Waals surface area contributed by atoms with E-state index in [9.17, 15) is 15.2 Å². The lowest BCUT2D eigenvalue weighted by molar-refractivity contribution is -0.384. The molecular weight excluding hydrogens is 226 g/mol. The Bertz CT molecular complexity index is 529. The summed E-state index contributed by atoms with van der Waals surface area (Å²) in [5.41, 5.74) is -0.475. The minimum atomic E-state index is -1.69. The van der Waals surface area contributed by atoms with Gasteiger partial charge in [0.25, 0.3) is 5.69 Å². The molecule has 0 fully saturated rings. The third-order valence-corrected chi connectivity index (χ3v) is 2.12. The number of aliphatic hydroxyl groups is 2. The SMILES string of the molecule is N#Cc1cc([N+](=O)[O-])ccc1C(O)C(O)C#N. The molecule has 86 valence electrons. The van der Waals surface area contributed by atoms with E-state index >= 15 is 0 Å². The van der Waals surface area contributed by atoms with E-state index in [2.05, 4.69) is 0 Å². The molecule has 0 radical (unpaired) electrons. The molecule has 0 saturated carbocycles. The average molecular weight is 233 g/mol. The molecule has 0 aliphatic heterocycles. The zero-order chi connectivity index (χ0) is 13.0. The summed E-state index contributed by atoms with van der Waals surface area (Å²) in [5.74, 6) is 0. The van der Waals surface area contributed by atoms with Crippen molar-refractivity contribution < 1.29 is 15.1 Å². The van der Waals surface area contributed by atoms with Crippen molar-refractivity contribution in [2.24, 2.45) is 0 Å². The van der Waals surface area contributed by atoms with Crippen LogP contribution in [-0.2, 0) is 0 Å². The quantitative estimate of drug-likeness (QED) is 0.440. The van der Waals surface area contributed by atoms with Gasteiger partial charge in [0.1, 0.15) is 6.10 Å². The second kappa shape index (κ2) is 5.03. The third kappa shape index (κ3) is 2.55. The van der Waals surface area contributed by atoms with Crippen LogP contribution in [0.4, 0.5) is 5.69 Å². The van der Waals surface area contributed by atoms with Crippen molar-refractivity contribution in [1.29, 1.82) is 10.5 Å². The van der Waals surface area contributed by atoms with E-state index in [0.29, 0.717) is 0 Å². The Kier molecular flexibility index (Phi) is 3.73. The van der Waals surface area contributed by atoms with Crippen molar-refractivity contribution in [3.05, 3.63) is 39.4 Å². The fourth-order valence-corrected chi connectivity index (χ4v) is 1.25. The van der Waals surface area contributed by atoms with Crippen LogP contribution in [0.5, 0.6) is 0 Å². The highest BCUT2D eigenvalue weighted by atomic mass is 16.6. The number of non-ortho nitro benzene ring substituents is 1. The number of nitro benzene ring substituents is 1. The van der Waals surface area contributed by atoms with Crippen molar-refractivity contribution >= 4 is 5.69 Å². The van der Waals surface area contributed by atoms with E-state index in [1.54, 1.807) is 6.07 Å². The van der Waals surface area contributed by atoms with E-state index in [1.807, 2.05) is 0 Å². The average Bonchev–Trinajstić information content (AvgIpc) is 2.35. The normalized spacial score (nSPS) is 13.2. The zero-order valence-electron chi connectivity index (χ0n) is 8.44. The molecule has 1 aromatic carbocycles. The molecule has 2 unspecified atom stereocenters. The summed E-state index contributed by atoms with van der Waals surface area (Å²) < 4.78 is 0. The maximum atomic E-state index is 10.5. The molecule has 7 heteroatoms. The molecule has 2 N–H and O–H groups in total. The Morgan fingerprint density at radius 3 is 2.47 bits per heavy atom. The first kappa shape index (κ1) is 12.6. The molecule has 0 bridgehead atoms. The van der Waals surface area contributed by atoms with Gasteiger partial charge < -0.3 is 10.2 Å². The van der Waals surface area contributed by atoms with Crippen LogP contribution in [0, 0.1) is 32.8 Å². The molecule has 0 aliphatic rings. The predicted octanol–water partition coefficient (Wildman–Crippen LogP) is 0.384. The van der Waals surface area contributed by atoms with Crippen molar-refractivity contribution in [3.8, 4) is 12.1 Å². The molecular formula is C10H7N3O4. The van der Waals surface area contributed by atoms with Gasteiger partial charge in [-0.3, -0.25) is 10.1 Å². The van der Waals surface area contributed by atoms with Gasteiger partial charge in [0.2, 0.25) is 0 Å². The summed E-state index contributed by atoms with van der Waals surface area (Å²) in [5, 5.41) is 46.3. The van der Waals surface area contributed by atoms with E-state index in [-0.39, 0.29) is 16.8 Å². The Labute approximate surface area is 95.9 Å². The van der Waals surface area contributed by atoms with E-state index in [0.717, 1.165) is 18.2 Å². The molecule has 17 heavy (non-hydrogen) atoms. The van der Waals surface area contributed by atoms with Gasteiger partial charge in [0, 0.05) is 17.7 Å². The molecule has 0 amide bonds. The molecule has 0 spiro atoms. The first-order chi connectivity index (χ1) is 8.01. The maximum absolute atomic E-state index is 10.5. The van der Waals surface area contributed by atoms with Gasteiger partial charge in [-0.15, -0.1) is 0 Å². The van der Waals surface area contributed by atoms with Gasteiger partial charge in [-0.1, -0.05) is 0 Å². The lowest BCUT2D eigenvalue weighted by Crippen LogP contribution is -2.17. The Morgan fingerprint density at radius 2 is 2.00 bits per heavy atom. The van der Waals surface area contributed by atoms with Crippen LogP contribution in [0.15, 0.2) is 18.2 Å². The lowest BCUT2D eigenvalue weighted by Gasteiger charge is -2.12. The van der Waals surface area contributed by atoms with Crippen LogP contribution in [-0.4, -0.2) is 21.2 Å². The van der Waals surface area contributed by atoms with Crippen molar-refractivity contribution in [1.82, 2.24) is 0 Å². The first-order valence-electron chi connectivity index (χ1n) is 4.45. The lowest BCUT2D eigenvalue weighted by atomic mass is 9.99. The number of benzene rings is 1. The highest BCUT2D eigenvalue weighted by molar-refractivity contribution is 5.47. The predicted molar refractivity (Wildman–Crippen MR) is 54.4 cm³/mol. The third-order valence-electron chi connectivity index (χ3n) is 2.12. The Hall–Kier alpha value is -2.48. The van der Waals surface area contributed by atoms with Gasteiger partial charge in [-0.05, 0) is 6.07 Å². The van der Waals surface area contributed by atoms with Crippen molar-refractivity contribution in [3.63, 3.8) is 0 Å². The standard InChI is InChI=1S/C10H7N3O4/c11-4-6-3-7(13(16)17)1-2-8(6)10(15)9(14)5-12/h1-3,9-10,14-15H. The summed E-state index contributed by atoms with van der Waals surface area (Å²) >= 11 is 0. The Balaban J connectivity index is 3.24. The maximum Gasteiger partial charge on any atom is 0.270 e. The number of aliphatic hydroxyl groups excluding tert-OH is 2. The molecule has 0 heterocycles. The number of hydrogen-bond acceptors (Lipinski definition) is 6. The molecule has 0 aliphatic carbocycles. The van der Waals surface area contributed by atoms with Crippen LogP contribution in [0.2, 0.25) is 0 Å². The fraction of sp³-hybridized carbons (Fsp3) is 0.200. The number of nitro groups is 1. The minimum absolute atomic E-state index is 0.0212. The molecule has 7 nitrogen and oxygen atoms in total. The summed E-state index contributed by atoms with van der Waals surface area (Å²) in [6.07, 6.45) is -3.26. The second-order valence-corrected chi connectivity index (χ2v) is 3.16. The van der Waals surface area contributed by atoms with Crippen LogP contribution < -0.4 is 0 Å². The van der Waals surface area contributed by atoms with Crippen molar-refractivity contribution in [2.75, 3.05) is 0 Å². The van der Waals surface area contributed by atoms with Crippen LogP contribution in [0.1, 0.15) is 17.2 Å². The highest BCUT2D eigenvalue weighted by Crippen LogP contribution is 2.24. The number of hydrogen-bond donors (Lipinski definition) is 2. The minimum Gasteiger partial charge on any atom is -0.385 e. The number of nitriles is 2.